The Morgan fingerprint density at radius 1 is 1.34 bits per heavy atom. The molecule has 2 fully saturated rings. The summed E-state index contributed by atoms with van der Waals surface area (Å²) in [6.07, 6.45) is -4.17. The van der Waals surface area contributed by atoms with Crippen LogP contribution in [-0.4, -0.2) is 78.8 Å². The van der Waals surface area contributed by atoms with Crippen molar-refractivity contribution in [2.75, 3.05) is 13.7 Å². The zero-order chi connectivity index (χ0) is 21.8. The molecular weight excluding hydrogens is 388 g/mol. The lowest BCUT2D eigenvalue weighted by atomic mass is 9.82. The Hall–Kier alpha value is -2.24. The van der Waals surface area contributed by atoms with E-state index in [9.17, 15) is 19.5 Å². The van der Waals surface area contributed by atoms with Crippen LogP contribution in [0.1, 0.15) is 33.6 Å². The summed E-state index contributed by atoms with van der Waals surface area (Å²) in [5, 5.41) is 16.9. The summed E-state index contributed by atoms with van der Waals surface area (Å²) in [6.45, 7) is 4.44. The van der Waals surface area contributed by atoms with Crippen LogP contribution in [0, 0.1) is 0 Å². The minimum Gasteiger partial charge on any atom is -0.467 e. The summed E-state index contributed by atoms with van der Waals surface area (Å²) in [5.41, 5.74) is 6.90. The van der Waals surface area contributed by atoms with Crippen molar-refractivity contribution in [1.29, 1.82) is 0 Å². The maximum atomic E-state index is 12.5. The molecule has 2 N–H and O–H groups in total. The molecule has 0 aromatic carbocycles. The Kier molecular flexibility index (Phi) is 7.20. The van der Waals surface area contributed by atoms with Gasteiger partial charge in [-0.15, -0.1) is 0 Å². The number of rotatable bonds is 7. The van der Waals surface area contributed by atoms with Gasteiger partial charge >= 0.3 is 5.97 Å². The Morgan fingerprint density at radius 2 is 2.03 bits per heavy atom. The van der Waals surface area contributed by atoms with Gasteiger partial charge < -0.3 is 34.2 Å². The molecule has 2 rings (SSSR count). The van der Waals surface area contributed by atoms with E-state index in [-0.39, 0.29) is 19.4 Å². The van der Waals surface area contributed by atoms with Crippen molar-refractivity contribution >= 4 is 18.2 Å². The van der Waals surface area contributed by atoms with Crippen LogP contribution in [-0.2, 0) is 33.3 Å². The first-order valence-electron chi connectivity index (χ1n) is 9.10. The number of azide groups is 1. The number of hydrogen-bond donors (Lipinski definition) is 2. The predicted octanol–water partition coefficient (Wildman–Crippen LogP) is -0.0279. The van der Waals surface area contributed by atoms with Crippen LogP contribution >= 0.6 is 0 Å². The molecule has 0 aliphatic carbocycles. The van der Waals surface area contributed by atoms with Gasteiger partial charge in [-0.2, -0.15) is 0 Å². The van der Waals surface area contributed by atoms with Gasteiger partial charge in [0.05, 0.1) is 31.9 Å². The second-order valence-corrected chi connectivity index (χ2v) is 7.49. The summed E-state index contributed by atoms with van der Waals surface area (Å²) in [7, 11) is 1.14. The number of hydrogen-bond acceptors (Lipinski definition) is 9. The molecule has 0 aromatic heterocycles. The first kappa shape index (κ1) is 23.0. The third kappa shape index (κ3) is 5.03. The minimum atomic E-state index is -1.76. The molecule has 162 valence electrons. The van der Waals surface area contributed by atoms with Crippen LogP contribution < -0.4 is 5.32 Å². The van der Waals surface area contributed by atoms with Gasteiger partial charge in [-0.25, -0.2) is 4.79 Å². The normalized spacial score (nSPS) is 36.0. The molecule has 2 saturated heterocycles. The molecule has 12 nitrogen and oxygen atoms in total. The fraction of sp³-hybridized carbons (Fsp3) is 0.824. The second kappa shape index (κ2) is 9.06. The average Bonchev–Trinajstić information content (AvgIpc) is 2.95. The zero-order valence-corrected chi connectivity index (χ0v) is 16.7. The number of amides is 1. The van der Waals surface area contributed by atoms with Gasteiger partial charge in [-0.05, 0) is 19.4 Å². The van der Waals surface area contributed by atoms with Crippen molar-refractivity contribution in [2.45, 2.75) is 75.5 Å². The molecule has 1 unspecified atom stereocenters. The number of aldehydes is 1. The van der Waals surface area contributed by atoms with E-state index in [1.165, 1.54) is 6.92 Å². The molecule has 0 saturated carbocycles. The Labute approximate surface area is 167 Å². The molecule has 0 aromatic rings. The van der Waals surface area contributed by atoms with E-state index in [1.54, 1.807) is 13.8 Å². The van der Waals surface area contributed by atoms with E-state index in [4.69, 9.17) is 24.5 Å². The maximum Gasteiger partial charge on any atom is 0.338 e. The number of nitrogens with one attached hydrogen (secondary N) is 1. The molecule has 0 radical (unpaired) electrons. The van der Waals surface area contributed by atoms with Crippen LogP contribution in [0.25, 0.3) is 10.4 Å². The highest BCUT2D eigenvalue weighted by Gasteiger charge is 2.58. The third-order valence-electron chi connectivity index (χ3n) is 4.88. The zero-order valence-electron chi connectivity index (χ0n) is 16.7. The number of methoxy groups -OCH3 is 1. The van der Waals surface area contributed by atoms with E-state index in [0.29, 0.717) is 6.29 Å². The highest BCUT2D eigenvalue weighted by Crippen LogP contribution is 2.40. The smallest absolute Gasteiger partial charge is 0.338 e. The Balaban J connectivity index is 2.47. The summed E-state index contributed by atoms with van der Waals surface area (Å²) in [4.78, 5) is 38.1. The van der Waals surface area contributed by atoms with Gasteiger partial charge in [0.15, 0.2) is 11.4 Å². The molecule has 29 heavy (non-hydrogen) atoms. The van der Waals surface area contributed by atoms with Gasteiger partial charge in [-0.1, -0.05) is 5.11 Å². The molecule has 1 amide bonds. The largest absolute Gasteiger partial charge is 0.467 e. The summed E-state index contributed by atoms with van der Waals surface area (Å²) >= 11 is 0. The highest BCUT2D eigenvalue weighted by atomic mass is 16.8. The quantitative estimate of drug-likeness (QED) is 0.192. The van der Waals surface area contributed by atoms with E-state index in [2.05, 4.69) is 15.3 Å². The lowest BCUT2D eigenvalue weighted by Gasteiger charge is -2.47. The first-order valence-corrected chi connectivity index (χ1v) is 9.10. The predicted molar refractivity (Wildman–Crippen MR) is 96.4 cm³/mol. The molecule has 0 bridgehead atoms. The number of carbonyl (C=O) groups is 3. The van der Waals surface area contributed by atoms with Crippen LogP contribution in [0.15, 0.2) is 5.11 Å². The van der Waals surface area contributed by atoms with E-state index >= 15 is 0 Å². The number of esters is 1. The van der Waals surface area contributed by atoms with Crippen molar-refractivity contribution in [3.05, 3.63) is 10.4 Å². The first-order chi connectivity index (χ1) is 13.6. The molecule has 2 aliphatic rings. The van der Waals surface area contributed by atoms with Crippen LogP contribution in [0.4, 0.5) is 0 Å². The van der Waals surface area contributed by atoms with Crippen LogP contribution in [0.5, 0.6) is 0 Å². The summed E-state index contributed by atoms with van der Waals surface area (Å²) in [6, 6.07) is -0.965. The van der Waals surface area contributed by atoms with Gasteiger partial charge in [0.2, 0.25) is 5.91 Å². The Morgan fingerprint density at radius 3 is 2.59 bits per heavy atom. The monoisotopic (exact) mass is 414 g/mol. The van der Waals surface area contributed by atoms with Crippen molar-refractivity contribution in [1.82, 2.24) is 5.32 Å². The van der Waals surface area contributed by atoms with Crippen molar-refractivity contribution in [2.24, 2.45) is 5.11 Å². The summed E-state index contributed by atoms with van der Waals surface area (Å²) in [5.74, 6) is -2.35. The van der Waals surface area contributed by atoms with E-state index in [1.807, 2.05) is 0 Å². The maximum absolute atomic E-state index is 12.5. The van der Waals surface area contributed by atoms with Crippen LogP contribution in [0.2, 0.25) is 0 Å². The average molecular weight is 414 g/mol. The summed E-state index contributed by atoms with van der Waals surface area (Å²) < 4.78 is 22.5. The van der Waals surface area contributed by atoms with Gasteiger partial charge in [0.1, 0.15) is 18.5 Å². The highest BCUT2D eigenvalue weighted by molar-refractivity contribution is 5.83. The molecule has 2 heterocycles. The van der Waals surface area contributed by atoms with Gasteiger partial charge in [0, 0.05) is 24.7 Å². The van der Waals surface area contributed by atoms with Crippen molar-refractivity contribution < 1.29 is 38.4 Å². The molecule has 12 heteroatoms. The van der Waals surface area contributed by atoms with Gasteiger partial charge in [-0.3, -0.25) is 4.79 Å². The lowest BCUT2D eigenvalue weighted by molar-refractivity contribution is -0.231. The standard InChI is InChI=1S/C17H26N4O8/c1-9(23)20-12-10(24)7-17(5-6-22,15(25)26-4)29-14(12)13-11(8-19-21-18)27-16(2,3)28-13/h6,10-14,24H,5,7-8H2,1-4H3,(H,20,23)/t10-,11?,12+,13+,14+,17+/m0/s1. The van der Waals surface area contributed by atoms with Crippen molar-refractivity contribution in [3.8, 4) is 0 Å². The molecule has 2 aliphatic heterocycles. The second-order valence-electron chi connectivity index (χ2n) is 7.49. The molecule has 0 spiro atoms. The number of carbonyl (C=O) groups excluding carboxylic acids is 3. The SMILES string of the molecule is COC(=O)[C@@]1(CC=O)C[C@H](O)[C@@H](NC(C)=O)[C@H]([C@@H]2OC(C)(C)OC2CN=[N+]=[N-])O1. The fourth-order valence-corrected chi connectivity index (χ4v) is 3.82. The van der Waals surface area contributed by atoms with E-state index < -0.39 is 53.7 Å². The number of aliphatic hydroxyl groups is 1. The topological polar surface area (TPSA) is 169 Å². The molecule has 6 atom stereocenters. The molecular formula is C17H26N4O8. The lowest BCUT2D eigenvalue weighted by Crippen LogP contribution is -2.67. The number of ether oxygens (including phenoxy) is 4. The van der Waals surface area contributed by atoms with Crippen molar-refractivity contribution in [3.63, 3.8) is 0 Å². The van der Waals surface area contributed by atoms with E-state index in [0.717, 1.165) is 7.11 Å². The Bertz CT molecular complexity index is 695. The van der Waals surface area contributed by atoms with Gasteiger partial charge in [0.25, 0.3) is 0 Å². The third-order valence-corrected chi connectivity index (χ3v) is 4.88. The fourth-order valence-electron chi connectivity index (χ4n) is 3.82. The minimum absolute atomic E-state index is 0.105. The number of aliphatic hydroxyl groups excluding tert-OH is 1. The van der Waals surface area contributed by atoms with Crippen LogP contribution in [0.3, 0.4) is 0 Å². The number of nitrogens with zero attached hydrogens (tertiary/aromatic N) is 3.